The summed E-state index contributed by atoms with van der Waals surface area (Å²) in [6.45, 7) is 6.24. The minimum Gasteiger partial charge on any atom is -0.437 e. The Hall–Kier alpha value is -3.59. The molecule has 6 nitrogen and oxygen atoms in total. The molecule has 0 aliphatic carbocycles. The van der Waals surface area contributed by atoms with Crippen molar-refractivity contribution in [2.24, 2.45) is 4.99 Å². The number of aromatic nitrogens is 2. The van der Waals surface area contributed by atoms with Crippen LogP contribution in [-0.2, 0) is 0 Å². The van der Waals surface area contributed by atoms with Crippen LogP contribution in [0.25, 0.3) is 5.69 Å². The van der Waals surface area contributed by atoms with Crippen molar-refractivity contribution >= 4 is 12.0 Å². The molecule has 152 valence electrons. The van der Waals surface area contributed by atoms with Crippen molar-refractivity contribution in [1.82, 2.24) is 14.7 Å². The number of likely N-dealkylation sites (tertiary alicyclic amines) is 1. The highest BCUT2D eigenvalue weighted by molar-refractivity contribution is 5.65. The highest BCUT2D eigenvalue weighted by Gasteiger charge is 2.10. The maximum atomic E-state index is 8.93. The maximum absolute atomic E-state index is 8.93. The largest absolute Gasteiger partial charge is 0.437 e. The van der Waals surface area contributed by atoms with Crippen molar-refractivity contribution in [2.45, 2.75) is 33.1 Å². The maximum Gasteiger partial charge on any atom is 0.238 e. The number of benzene rings is 2. The Balaban J connectivity index is 1.48. The predicted molar refractivity (Wildman–Crippen MR) is 118 cm³/mol. The predicted octanol–water partition coefficient (Wildman–Crippen LogP) is 5.30. The Morgan fingerprint density at radius 2 is 1.80 bits per heavy atom. The summed E-state index contributed by atoms with van der Waals surface area (Å²) in [5.41, 5.74) is 4.54. The van der Waals surface area contributed by atoms with Crippen molar-refractivity contribution < 1.29 is 4.74 Å². The monoisotopic (exact) mass is 399 g/mol. The van der Waals surface area contributed by atoms with E-state index >= 15 is 0 Å². The van der Waals surface area contributed by atoms with E-state index in [4.69, 9.17) is 15.0 Å². The fraction of sp³-hybridized carbons (Fsp3) is 0.292. The summed E-state index contributed by atoms with van der Waals surface area (Å²) >= 11 is 0. The lowest BCUT2D eigenvalue weighted by molar-refractivity contribution is 0.351. The highest BCUT2D eigenvalue weighted by atomic mass is 16.5. The van der Waals surface area contributed by atoms with E-state index < -0.39 is 0 Å². The Bertz CT molecular complexity index is 1090. The zero-order chi connectivity index (χ0) is 20.9. The van der Waals surface area contributed by atoms with Gasteiger partial charge in [0.05, 0.1) is 29.3 Å². The van der Waals surface area contributed by atoms with E-state index in [2.05, 4.69) is 22.1 Å². The van der Waals surface area contributed by atoms with Crippen LogP contribution in [0.2, 0.25) is 0 Å². The second-order valence-corrected chi connectivity index (χ2v) is 7.60. The third kappa shape index (κ3) is 4.52. The number of hydrogen-bond acceptors (Lipinski definition) is 4. The number of aryl methyl sites for hydroxylation is 2. The summed E-state index contributed by atoms with van der Waals surface area (Å²) in [4.78, 5) is 6.99. The summed E-state index contributed by atoms with van der Waals surface area (Å²) in [6.07, 6.45) is 7.62. The molecule has 1 aromatic heterocycles. The molecule has 1 aliphatic rings. The molecule has 4 rings (SSSR count). The average Bonchev–Trinajstić information content (AvgIpc) is 3.24. The van der Waals surface area contributed by atoms with Crippen molar-refractivity contribution in [1.29, 1.82) is 5.26 Å². The second kappa shape index (κ2) is 8.83. The number of ether oxygens (including phenoxy) is 1. The van der Waals surface area contributed by atoms with E-state index in [0.29, 0.717) is 11.4 Å². The van der Waals surface area contributed by atoms with Crippen LogP contribution in [0.4, 0.5) is 5.69 Å². The fourth-order valence-electron chi connectivity index (χ4n) is 3.51. The average molecular weight is 399 g/mol. The first kappa shape index (κ1) is 19.7. The first-order valence-electron chi connectivity index (χ1n) is 10.3. The number of hydrogen-bond donors (Lipinski definition) is 0. The molecule has 3 aromatic rings. The Kier molecular flexibility index (Phi) is 5.80. The molecular weight excluding hydrogens is 374 g/mol. The molecule has 0 N–H and O–H groups in total. The van der Waals surface area contributed by atoms with Crippen LogP contribution in [0, 0.1) is 25.2 Å². The molecule has 0 bridgehead atoms. The van der Waals surface area contributed by atoms with E-state index in [1.54, 1.807) is 16.8 Å². The van der Waals surface area contributed by atoms with Crippen molar-refractivity contribution in [3.8, 4) is 23.4 Å². The van der Waals surface area contributed by atoms with Gasteiger partial charge in [0.1, 0.15) is 5.75 Å². The summed E-state index contributed by atoms with van der Waals surface area (Å²) < 4.78 is 7.77. The lowest BCUT2D eigenvalue weighted by atomic mass is 10.1. The van der Waals surface area contributed by atoms with Crippen molar-refractivity contribution in [2.75, 3.05) is 13.1 Å². The van der Waals surface area contributed by atoms with E-state index in [-0.39, 0.29) is 0 Å². The Labute approximate surface area is 177 Å². The first-order valence-corrected chi connectivity index (χ1v) is 10.3. The molecule has 2 aromatic carbocycles. The normalized spacial score (nSPS) is 14.1. The van der Waals surface area contributed by atoms with E-state index in [0.717, 1.165) is 41.3 Å². The fourth-order valence-corrected chi connectivity index (χ4v) is 3.51. The van der Waals surface area contributed by atoms with Gasteiger partial charge in [-0.3, -0.25) is 0 Å². The number of aliphatic imine (C=N–C) groups is 1. The molecule has 0 spiro atoms. The van der Waals surface area contributed by atoms with Gasteiger partial charge in [0.2, 0.25) is 5.88 Å². The van der Waals surface area contributed by atoms with Gasteiger partial charge >= 0.3 is 0 Å². The van der Waals surface area contributed by atoms with E-state index in [9.17, 15) is 0 Å². The van der Waals surface area contributed by atoms with Crippen LogP contribution in [0.3, 0.4) is 0 Å². The number of rotatable bonds is 5. The van der Waals surface area contributed by atoms with Gasteiger partial charge in [-0.15, -0.1) is 5.10 Å². The van der Waals surface area contributed by atoms with Gasteiger partial charge in [-0.1, -0.05) is 0 Å². The van der Waals surface area contributed by atoms with Gasteiger partial charge in [-0.2, -0.15) is 5.26 Å². The number of nitrogens with zero attached hydrogens (tertiary/aromatic N) is 5. The van der Waals surface area contributed by atoms with Crippen molar-refractivity contribution in [3.63, 3.8) is 0 Å². The summed E-state index contributed by atoms with van der Waals surface area (Å²) in [7, 11) is 0. The van der Waals surface area contributed by atoms with Gasteiger partial charge in [-0.05, 0) is 80.6 Å². The third-order valence-corrected chi connectivity index (χ3v) is 5.28. The molecule has 0 saturated carbocycles. The van der Waals surface area contributed by atoms with Crippen LogP contribution in [0.1, 0.15) is 36.0 Å². The molecule has 0 radical (unpaired) electrons. The molecule has 1 aliphatic heterocycles. The van der Waals surface area contributed by atoms with Crippen LogP contribution < -0.4 is 4.74 Å². The summed E-state index contributed by atoms with van der Waals surface area (Å²) in [5, 5.41) is 13.4. The molecule has 1 saturated heterocycles. The molecule has 30 heavy (non-hydrogen) atoms. The molecular formula is C24H25N5O. The molecule has 0 atom stereocenters. The minimum absolute atomic E-state index is 0.520. The topological polar surface area (TPSA) is 66.4 Å². The SMILES string of the molecule is Cc1cc(Oc2ccn(-c3ccc(C#N)cc3)n2)c(C)cc1N=CN1CCCCC1. The lowest BCUT2D eigenvalue weighted by Crippen LogP contribution is -2.28. The van der Waals surface area contributed by atoms with Gasteiger partial charge in [0, 0.05) is 25.4 Å². The molecule has 2 heterocycles. The van der Waals surface area contributed by atoms with E-state index in [1.165, 1.54) is 19.3 Å². The lowest BCUT2D eigenvalue weighted by Gasteiger charge is -2.23. The van der Waals surface area contributed by atoms with Crippen molar-refractivity contribution in [3.05, 3.63) is 65.4 Å². The van der Waals surface area contributed by atoms with Crippen LogP contribution in [-0.4, -0.2) is 34.1 Å². The van der Waals surface area contributed by atoms with E-state index in [1.807, 2.05) is 50.6 Å². The molecule has 0 amide bonds. The summed E-state index contributed by atoms with van der Waals surface area (Å²) in [5.74, 6) is 1.29. The number of nitriles is 1. The number of piperidine rings is 1. The second-order valence-electron chi connectivity index (χ2n) is 7.60. The van der Waals surface area contributed by atoms with Gasteiger partial charge in [-0.25, -0.2) is 9.67 Å². The molecule has 1 fully saturated rings. The zero-order valence-corrected chi connectivity index (χ0v) is 17.4. The Morgan fingerprint density at radius 1 is 1.03 bits per heavy atom. The quantitative estimate of drug-likeness (QED) is 0.431. The highest BCUT2D eigenvalue weighted by Crippen LogP contribution is 2.31. The zero-order valence-electron chi connectivity index (χ0n) is 17.4. The van der Waals surface area contributed by atoms with Gasteiger partial charge in [0.25, 0.3) is 0 Å². The Morgan fingerprint density at radius 3 is 2.53 bits per heavy atom. The summed E-state index contributed by atoms with van der Waals surface area (Å²) in [6, 6.07) is 15.3. The van der Waals surface area contributed by atoms with Crippen LogP contribution in [0.5, 0.6) is 11.6 Å². The molecule has 0 unspecified atom stereocenters. The van der Waals surface area contributed by atoms with Crippen LogP contribution >= 0.6 is 0 Å². The smallest absolute Gasteiger partial charge is 0.238 e. The third-order valence-electron chi connectivity index (χ3n) is 5.28. The van der Waals surface area contributed by atoms with Gasteiger partial charge in [0.15, 0.2) is 0 Å². The van der Waals surface area contributed by atoms with Crippen LogP contribution in [0.15, 0.2) is 53.7 Å². The van der Waals surface area contributed by atoms with Gasteiger partial charge < -0.3 is 9.64 Å². The molecule has 6 heteroatoms. The first-order chi connectivity index (χ1) is 14.6. The minimum atomic E-state index is 0.520. The standard InChI is InChI=1S/C24H25N5O/c1-18-15-23(19(2)14-22(18)26-17-28-11-4-3-5-12-28)30-24-10-13-29(27-24)21-8-6-20(16-25)7-9-21/h6-10,13-15,17H,3-5,11-12H2,1-2H3.